The van der Waals surface area contributed by atoms with Crippen molar-refractivity contribution in [3.8, 4) is 0 Å². The second kappa shape index (κ2) is 7.22. The average molecular weight is 289 g/mol. The Hall–Kier alpha value is -1.88. The number of nitrogens with one attached hydrogen (secondary N) is 2. The molecule has 1 aliphatic carbocycles. The Kier molecular flexibility index (Phi) is 5.33. The third-order valence-electron chi connectivity index (χ3n) is 3.71. The third-order valence-corrected chi connectivity index (χ3v) is 3.71. The number of anilines is 1. The number of rotatable bonds is 6. The minimum Gasteiger partial charge on any atom is -0.351 e. The van der Waals surface area contributed by atoms with Crippen molar-refractivity contribution in [1.29, 1.82) is 0 Å². The summed E-state index contributed by atoms with van der Waals surface area (Å²) in [7, 11) is 3.92. The van der Waals surface area contributed by atoms with Crippen LogP contribution in [0.1, 0.15) is 29.6 Å². The predicted octanol–water partition coefficient (Wildman–Crippen LogP) is 1.72. The lowest BCUT2D eigenvalue weighted by Crippen LogP contribution is -2.31. The van der Waals surface area contributed by atoms with Gasteiger partial charge in [-0.15, -0.1) is 0 Å². The van der Waals surface area contributed by atoms with E-state index in [1.54, 1.807) is 18.2 Å². The van der Waals surface area contributed by atoms with Gasteiger partial charge in [0.2, 0.25) is 5.91 Å². The number of hydrogen-bond acceptors (Lipinski definition) is 3. The van der Waals surface area contributed by atoms with E-state index in [4.69, 9.17) is 0 Å². The van der Waals surface area contributed by atoms with Crippen molar-refractivity contribution >= 4 is 17.5 Å². The van der Waals surface area contributed by atoms with E-state index in [0.29, 0.717) is 17.8 Å². The van der Waals surface area contributed by atoms with Gasteiger partial charge in [0.1, 0.15) is 0 Å². The zero-order chi connectivity index (χ0) is 15.2. The largest absolute Gasteiger partial charge is 0.351 e. The Balaban J connectivity index is 1.90. The van der Waals surface area contributed by atoms with Crippen LogP contribution in [0, 0.1) is 5.92 Å². The normalized spacial score (nSPS) is 14.6. The molecular weight excluding hydrogens is 266 g/mol. The molecule has 0 radical (unpaired) electrons. The van der Waals surface area contributed by atoms with Gasteiger partial charge in [0.15, 0.2) is 0 Å². The summed E-state index contributed by atoms with van der Waals surface area (Å²) in [4.78, 5) is 25.9. The molecule has 0 unspecified atom stereocenters. The summed E-state index contributed by atoms with van der Waals surface area (Å²) in [5.74, 6) is 0.0885. The molecule has 0 spiro atoms. The molecular formula is C16H23N3O2. The molecule has 2 rings (SSSR count). The molecule has 1 saturated carbocycles. The Bertz CT molecular complexity index is 510. The van der Waals surface area contributed by atoms with Crippen LogP contribution in [0.25, 0.3) is 0 Å². The van der Waals surface area contributed by atoms with Crippen molar-refractivity contribution in [3.05, 3.63) is 29.8 Å². The van der Waals surface area contributed by atoms with Crippen molar-refractivity contribution in [2.75, 3.05) is 32.5 Å². The second-order valence-electron chi connectivity index (χ2n) is 5.76. The van der Waals surface area contributed by atoms with E-state index in [0.717, 1.165) is 25.8 Å². The van der Waals surface area contributed by atoms with Crippen molar-refractivity contribution in [2.45, 2.75) is 19.3 Å². The van der Waals surface area contributed by atoms with Gasteiger partial charge in [0.05, 0.1) is 0 Å². The number of carbonyl (C=O) groups excluding carboxylic acids is 2. The minimum atomic E-state index is -0.114. The van der Waals surface area contributed by atoms with Gasteiger partial charge in [-0.05, 0) is 45.1 Å². The summed E-state index contributed by atoms with van der Waals surface area (Å²) in [6.07, 6.45) is 3.07. The zero-order valence-electron chi connectivity index (χ0n) is 12.7. The molecule has 0 heterocycles. The first-order chi connectivity index (χ1) is 10.1. The van der Waals surface area contributed by atoms with Crippen molar-refractivity contribution < 1.29 is 9.59 Å². The molecule has 5 nitrogen and oxygen atoms in total. The Morgan fingerprint density at radius 1 is 1.29 bits per heavy atom. The van der Waals surface area contributed by atoms with E-state index in [9.17, 15) is 9.59 Å². The standard InChI is InChI=1S/C16H23N3O2/c1-19(2)10-9-17-15(20)13-7-4-8-14(11-13)18-16(21)12-5-3-6-12/h4,7-8,11-12H,3,5-6,9-10H2,1-2H3,(H,17,20)(H,18,21). The fraction of sp³-hybridized carbons (Fsp3) is 0.500. The Morgan fingerprint density at radius 2 is 2.05 bits per heavy atom. The summed E-state index contributed by atoms with van der Waals surface area (Å²) >= 11 is 0. The first kappa shape index (κ1) is 15.5. The van der Waals surface area contributed by atoms with Gasteiger partial charge in [-0.3, -0.25) is 9.59 Å². The number of benzene rings is 1. The van der Waals surface area contributed by atoms with E-state index >= 15 is 0 Å². The van der Waals surface area contributed by atoms with E-state index in [2.05, 4.69) is 10.6 Å². The van der Waals surface area contributed by atoms with Crippen LogP contribution in [0.15, 0.2) is 24.3 Å². The van der Waals surface area contributed by atoms with Gasteiger partial charge < -0.3 is 15.5 Å². The molecule has 0 aliphatic heterocycles. The van der Waals surface area contributed by atoms with Crippen LogP contribution in [0.2, 0.25) is 0 Å². The molecule has 1 aliphatic rings. The summed E-state index contributed by atoms with van der Waals surface area (Å²) in [6, 6.07) is 7.08. The van der Waals surface area contributed by atoms with E-state index < -0.39 is 0 Å². The molecule has 5 heteroatoms. The molecule has 2 N–H and O–H groups in total. The highest BCUT2D eigenvalue weighted by Crippen LogP contribution is 2.27. The van der Waals surface area contributed by atoms with E-state index in [-0.39, 0.29) is 17.7 Å². The van der Waals surface area contributed by atoms with Gasteiger partial charge in [-0.1, -0.05) is 12.5 Å². The van der Waals surface area contributed by atoms with Crippen LogP contribution in [0.4, 0.5) is 5.69 Å². The fourth-order valence-corrected chi connectivity index (χ4v) is 2.15. The van der Waals surface area contributed by atoms with Gasteiger partial charge >= 0.3 is 0 Å². The molecule has 1 fully saturated rings. The topological polar surface area (TPSA) is 61.4 Å². The predicted molar refractivity (Wildman–Crippen MR) is 83.3 cm³/mol. The fourth-order valence-electron chi connectivity index (χ4n) is 2.15. The average Bonchev–Trinajstić information content (AvgIpc) is 2.36. The molecule has 21 heavy (non-hydrogen) atoms. The van der Waals surface area contributed by atoms with Crippen molar-refractivity contribution in [2.24, 2.45) is 5.92 Å². The first-order valence-corrected chi connectivity index (χ1v) is 7.40. The minimum absolute atomic E-state index is 0.0615. The van der Waals surface area contributed by atoms with Crippen LogP contribution in [-0.2, 0) is 4.79 Å². The van der Waals surface area contributed by atoms with E-state index in [1.165, 1.54) is 0 Å². The summed E-state index contributed by atoms with van der Waals surface area (Å²) in [6.45, 7) is 1.40. The number of amides is 2. The maximum absolute atomic E-state index is 12.0. The molecule has 0 saturated heterocycles. The van der Waals surface area contributed by atoms with Crippen LogP contribution in [-0.4, -0.2) is 43.9 Å². The number of likely N-dealkylation sites (N-methyl/N-ethyl adjacent to an activating group) is 1. The number of hydrogen-bond donors (Lipinski definition) is 2. The maximum atomic E-state index is 12.0. The highest BCUT2D eigenvalue weighted by molar-refractivity contribution is 5.97. The zero-order valence-corrected chi connectivity index (χ0v) is 12.7. The Morgan fingerprint density at radius 3 is 2.67 bits per heavy atom. The Labute approximate surface area is 125 Å². The van der Waals surface area contributed by atoms with Crippen LogP contribution in [0.5, 0.6) is 0 Å². The molecule has 0 bridgehead atoms. The lowest BCUT2D eigenvalue weighted by Gasteiger charge is -2.24. The second-order valence-corrected chi connectivity index (χ2v) is 5.76. The number of nitrogens with zero attached hydrogens (tertiary/aromatic N) is 1. The first-order valence-electron chi connectivity index (χ1n) is 7.40. The van der Waals surface area contributed by atoms with Crippen LogP contribution < -0.4 is 10.6 Å². The molecule has 0 atom stereocenters. The summed E-state index contributed by atoms with van der Waals surface area (Å²) in [5, 5.41) is 5.75. The molecule has 1 aromatic rings. The molecule has 114 valence electrons. The van der Waals surface area contributed by atoms with Crippen LogP contribution >= 0.6 is 0 Å². The molecule has 1 aromatic carbocycles. The monoisotopic (exact) mass is 289 g/mol. The van der Waals surface area contributed by atoms with Gasteiger partial charge in [0, 0.05) is 30.3 Å². The maximum Gasteiger partial charge on any atom is 0.251 e. The highest BCUT2D eigenvalue weighted by atomic mass is 16.2. The summed E-state index contributed by atoms with van der Waals surface area (Å²) in [5.41, 5.74) is 1.26. The van der Waals surface area contributed by atoms with Crippen LogP contribution in [0.3, 0.4) is 0 Å². The lowest BCUT2D eigenvalue weighted by molar-refractivity contribution is -0.122. The number of carbonyl (C=O) groups is 2. The van der Waals surface area contributed by atoms with Crippen molar-refractivity contribution in [3.63, 3.8) is 0 Å². The van der Waals surface area contributed by atoms with Gasteiger partial charge in [-0.25, -0.2) is 0 Å². The van der Waals surface area contributed by atoms with Gasteiger partial charge in [-0.2, -0.15) is 0 Å². The van der Waals surface area contributed by atoms with Crippen molar-refractivity contribution in [1.82, 2.24) is 10.2 Å². The molecule has 0 aromatic heterocycles. The SMILES string of the molecule is CN(C)CCNC(=O)c1cccc(NC(=O)C2CCC2)c1. The van der Waals surface area contributed by atoms with E-state index in [1.807, 2.05) is 25.1 Å². The molecule has 2 amide bonds. The highest BCUT2D eigenvalue weighted by Gasteiger charge is 2.25. The van der Waals surface area contributed by atoms with Gasteiger partial charge in [0.25, 0.3) is 5.91 Å². The third kappa shape index (κ3) is 4.56. The lowest BCUT2D eigenvalue weighted by atomic mass is 9.85. The summed E-state index contributed by atoms with van der Waals surface area (Å²) < 4.78 is 0. The smallest absolute Gasteiger partial charge is 0.251 e. The quantitative estimate of drug-likeness (QED) is 0.838.